The molecule has 1 aliphatic heterocycles. The minimum Gasteiger partial charge on any atom is -0.356 e. The molecular formula is C17H34N2O. The first kappa shape index (κ1) is 17.5. The van der Waals surface area contributed by atoms with Gasteiger partial charge in [0.2, 0.25) is 5.91 Å². The summed E-state index contributed by atoms with van der Waals surface area (Å²) in [5.41, 5.74) is 0. The molecule has 20 heavy (non-hydrogen) atoms. The van der Waals surface area contributed by atoms with E-state index in [1.807, 2.05) is 0 Å². The van der Waals surface area contributed by atoms with Crippen molar-refractivity contribution in [3.8, 4) is 0 Å². The Bertz CT molecular complexity index is 270. The second-order valence-corrected chi connectivity index (χ2v) is 7.01. The topological polar surface area (TPSA) is 32.3 Å². The van der Waals surface area contributed by atoms with Gasteiger partial charge in [0.25, 0.3) is 0 Å². The molecule has 3 unspecified atom stereocenters. The van der Waals surface area contributed by atoms with Crippen molar-refractivity contribution in [2.45, 2.75) is 59.8 Å². The van der Waals surface area contributed by atoms with Crippen LogP contribution < -0.4 is 5.32 Å². The largest absolute Gasteiger partial charge is 0.356 e. The van der Waals surface area contributed by atoms with Crippen LogP contribution in [0.1, 0.15) is 59.8 Å². The van der Waals surface area contributed by atoms with E-state index in [0.717, 1.165) is 37.8 Å². The van der Waals surface area contributed by atoms with Crippen molar-refractivity contribution in [1.29, 1.82) is 0 Å². The predicted molar refractivity (Wildman–Crippen MR) is 85.7 cm³/mol. The van der Waals surface area contributed by atoms with E-state index in [0.29, 0.717) is 12.3 Å². The van der Waals surface area contributed by atoms with Gasteiger partial charge in [0, 0.05) is 26.1 Å². The fourth-order valence-electron chi connectivity index (χ4n) is 3.49. The van der Waals surface area contributed by atoms with Gasteiger partial charge in [-0.3, -0.25) is 4.79 Å². The molecule has 0 spiro atoms. The van der Waals surface area contributed by atoms with E-state index in [1.165, 1.54) is 25.9 Å². The van der Waals surface area contributed by atoms with Crippen LogP contribution in [-0.4, -0.2) is 37.0 Å². The van der Waals surface area contributed by atoms with Crippen LogP contribution in [0.5, 0.6) is 0 Å². The van der Waals surface area contributed by atoms with Crippen LogP contribution in [0.25, 0.3) is 0 Å². The van der Waals surface area contributed by atoms with Gasteiger partial charge in [-0.1, -0.05) is 40.5 Å². The van der Waals surface area contributed by atoms with Crippen molar-refractivity contribution in [2.24, 2.45) is 17.8 Å². The first-order valence-corrected chi connectivity index (χ1v) is 8.50. The van der Waals surface area contributed by atoms with E-state index in [2.05, 4.69) is 37.9 Å². The van der Waals surface area contributed by atoms with Crippen LogP contribution in [0.3, 0.4) is 0 Å². The monoisotopic (exact) mass is 282 g/mol. The van der Waals surface area contributed by atoms with Crippen LogP contribution >= 0.6 is 0 Å². The van der Waals surface area contributed by atoms with E-state index >= 15 is 0 Å². The predicted octanol–water partition coefficient (Wildman–Crippen LogP) is 3.30. The highest BCUT2D eigenvalue weighted by Gasteiger charge is 2.21. The van der Waals surface area contributed by atoms with Crippen LogP contribution in [0, 0.1) is 17.8 Å². The lowest BCUT2D eigenvalue weighted by molar-refractivity contribution is -0.121. The standard InChI is InChI=1S/C17H34N2O/c1-5-7-14(2)11-17(20)18-8-6-9-19-12-15(3)10-16(4)13-19/h14-16H,5-13H2,1-4H3,(H,18,20). The molecule has 0 bridgehead atoms. The fraction of sp³-hybridized carbons (Fsp3) is 0.941. The number of rotatable bonds is 8. The molecular weight excluding hydrogens is 248 g/mol. The number of carbonyl (C=O) groups is 1. The van der Waals surface area contributed by atoms with E-state index < -0.39 is 0 Å². The summed E-state index contributed by atoms with van der Waals surface area (Å²) >= 11 is 0. The third-order valence-corrected chi connectivity index (χ3v) is 4.23. The van der Waals surface area contributed by atoms with E-state index in [-0.39, 0.29) is 5.91 Å². The van der Waals surface area contributed by atoms with Crippen LogP contribution in [-0.2, 0) is 4.79 Å². The molecule has 0 radical (unpaired) electrons. The molecule has 118 valence electrons. The van der Waals surface area contributed by atoms with Gasteiger partial charge in [0.15, 0.2) is 0 Å². The molecule has 3 atom stereocenters. The quantitative estimate of drug-likeness (QED) is 0.693. The van der Waals surface area contributed by atoms with Crippen LogP contribution in [0.2, 0.25) is 0 Å². The summed E-state index contributed by atoms with van der Waals surface area (Å²) in [6.45, 7) is 13.4. The normalized spacial score (nSPS) is 25.4. The van der Waals surface area contributed by atoms with Gasteiger partial charge in [-0.25, -0.2) is 0 Å². The van der Waals surface area contributed by atoms with Gasteiger partial charge < -0.3 is 10.2 Å². The number of amides is 1. The molecule has 1 N–H and O–H groups in total. The summed E-state index contributed by atoms with van der Waals surface area (Å²) in [4.78, 5) is 14.3. The number of piperidine rings is 1. The van der Waals surface area contributed by atoms with Crippen molar-refractivity contribution in [1.82, 2.24) is 10.2 Å². The van der Waals surface area contributed by atoms with Gasteiger partial charge in [0.05, 0.1) is 0 Å². The van der Waals surface area contributed by atoms with E-state index in [1.54, 1.807) is 0 Å². The molecule has 1 heterocycles. The molecule has 1 rings (SSSR count). The number of nitrogens with one attached hydrogen (secondary N) is 1. The van der Waals surface area contributed by atoms with Crippen molar-refractivity contribution >= 4 is 5.91 Å². The number of carbonyl (C=O) groups excluding carboxylic acids is 1. The Labute approximate surface area is 125 Å². The molecule has 1 amide bonds. The summed E-state index contributed by atoms with van der Waals surface area (Å²) in [6.07, 6.45) is 5.44. The highest BCUT2D eigenvalue weighted by atomic mass is 16.1. The second kappa shape index (κ2) is 9.38. The summed E-state index contributed by atoms with van der Waals surface area (Å²) in [6, 6.07) is 0. The molecule has 0 aliphatic carbocycles. The van der Waals surface area contributed by atoms with Gasteiger partial charge in [-0.15, -0.1) is 0 Å². The zero-order valence-corrected chi connectivity index (χ0v) is 14.0. The molecule has 3 heteroatoms. The fourth-order valence-corrected chi connectivity index (χ4v) is 3.49. The lowest BCUT2D eigenvalue weighted by Gasteiger charge is -2.34. The minimum atomic E-state index is 0.228. The number of hydrogen-bond donors (Lipinski definition) is 1. The maximum Gasteiger partial charge on any atom is 0.220 e. The zero-order valence-electron chi connectivity index (χ0n) is 14.0. The second-order valence-electron chi connectivity index (χ2n) is 7.01. The molecule has 1 saturated heterocycles. The molecule has 0 aromatic carbocycles. The lowest BCUT2D eigenvalue weighted by atomic mass is 9.92. The first-order valence-electron chi connectivity index (χ1n) is 8.50. The van der Waals surface area contributed by atoms with Gasteiger partial charge in [-0.2, -0.15) is 0 Å². The van der Waals surface area contributed by atoms with Gasteiger partial charge >= 0.3 is 0 Å². The number of likely N-dealkylation sites (tertiary alicyclic amines) is 1. The highest BCUT2D eigenvalue weighted by Crippen LogP contribution is 2.20. The number of hydrogen-bond acceptors (Lipinski definition) is 2. The number of nitrogens with zero attached hydrogens (tertiary/aromatic N) is 1. The summed E-state index contributed by atoms with van der Waals surface area (Å²) < 4.78 is 0. The zero-order chi connectivity index (χ0) is 15.0. The Morgan fingerprint density at radius 2 is 1.95 bits per heavy atom. The van der Waals surface area contributed by atoms with E-state index in [9.17, 15) is 4.79 Å². The average Bonchev–Trinajstić information content (AvgIpc) is 2.33. The Balaban J connectivity index is 2.07. The molecule has 1 fully saturated rings. The third-order valence-electron chi connectivity index (χ3n) is 4.23. The molecule has 0 aromatic rings. The highest BCUT2D eigenvalue weighted by molar-refractivity contribution is 5.76. The Morgan fingerprint density at radius 3 is 2.55 bits per heavy atom. The summed E-state index contributed by atoms with van der Waals surface area (Å²) in [5.74, 6) is 2.39. The minimum absolute atomic E-state index is 0.228. The van der Waals surface area contributed by atoms with Gasteiger partial charge in [-0.05, 0) is 37.1 Å². The third kappa shape index (κ3) is 7.28. The maximum absolute atomic E-state index is 11.8. The van der Waals surface area contributed by atoms with Crippen molar-refractivity contribution in [3.63, 3.8) is 0 Å². The SMILES string of the molecule is CCCC(C)CC(=O)NCCCN1CC(C)CC(C)C1. The maximum atomic E-state index is 11.8. The molecule has 0 aromatic heterocycles. The van der Waals surface area contributed by atoms with Crippen molar-refractivity contribution in [2.75, 3.05) is 26.2 Å². The first-order chi connectivity index (χ1) is 9.51. The van der Waals surface area contributed by atoms with Crippen molar-refractivity contribution < 1.29 is 4.79 Å². The van der Waals surface area contributed by atoms with E-state index in [4.69, 9.17) is 0 Å². The lowest BCUT2D eigenvalue weighted by Crippen LogP contribution is -2.40. The summed E-state index contributed by atoms with van der Waals surface area (Å²) in [7, 11) is 0. The Morgan fingerprint density at radius 1 is 1.30 bits per heavy atom. The summed E-state index contributed by atoms with van der Waals surface area (Å²) in [5, 5.41) is 3.07. The molecule has 0 saturated carbocycles. The van der Waals surface area contributed by atoms with Crippen LogP contribution in [0.4, 0.5) is 0 Å². The van der Waals surface area contributed by atoms with Gasteiger partial charge in [0.1, 0.15) is 0 Å². The van der Waals surface area contributed by atoms with Crippen LogP contribution in [0.15, 0.2) is 0 Å². The van der Waals surface area contributed by atoms with Crippen molar-refractivity contribution in [3.05, 3.63) is 0 Å². The smallest absolute Gasteiger partial charge is 0.220 e. The Kier molecular flexibility index (Phi) is 8.20. The average molecular weight is 282 g/mol. The Hall–Kier alpha value is -0.570. The molecule has 1 aliphatic rings. The molecule has 3 nitrogen and oxygen atoms in total.